The molecule has 0 heterocycles. The molecule has 0 aliphatic rings. The second-order valence-corrected chi connectivity index (χ2v) is 4.17. The number of hydrogen-bond acceptors (Lipinski definition) is 4. The zero-order valence-electron chi connectivity index (χ0n) is 11.3. The van der Waals surface area contributed by atoms with E-state index in [1.54, 1.807) is 37.3 Å². The Bertz CT molecular complexity index is 401. The van der Waals surface area contributed by atoms with Crippen molar-refractivity contribution in [2.45, 2.75) is 19.4 Å². The molecule has 0 spiro atoms. The van der Waals surface area contributed by atoms with Gasteiger partial charge in [-0.25, -0.2) is 13.6 Å². The summed E-state index contributed by atoms with van der Waals surface area (Å²) in [4.78, 5) is 13.3. The molecule has 1 N–H and O–H groups in total. The van der Waals surface area contributed by atoms with Crippen molar-refractivity contribution in [2.24, 2.45) is 0 Å². The van der Waals surface area contributed by atoms with Gasteiger partial charge in [0.25, 0.3) is 6.43 Å². The lowest BCUT2D eigenvalue weighted by molar-refractivity contribution is -0.150. The minimum absolute atomic E-state index is 0.0251. The van der Waals surface area contributed by atoms with Crippen molar-refractivity contribution in [1.82, 2.24) is 4.90 Å². The molecule has 0 radical (unpaired) electrons. The highest BCUT2D eigenvalue weighted by molar-refractivity contribution is 5.77. The molecule has 0 bridgehead atoms. The first-order chi connectivity index (χ1) is 9.60. The monoisotopic (exact) mass is 287 g/mol. The molecule has 112 valence electrons. The lowest BCUT2D eigenvalue weighted by Gasteiger charge is -2.29. The average molecular weight is 287 g/mol. The van der Waals surface area contributed by atoms with Gasteiger partial charge in [-0.3, -0.25) is 4.90 Å². The van der Waals surface area contributed by atoms with E-state index < -0.39 is 25.0 Å². The number of benzene rings is 1. The minimum Gasteiger partial charge on any atom is -0.465 e. The third kappa shape index (κ3) is 4.86. The van der Waals surface area contributed by atoms with Gasteiger partial charge in [0.15, 0.2) is 0 Å². The number of aliphatic hydroxyl groups is 1. The molecule has 0 saturated carbocycles. The molecular weight excluding hydrogens is 268 g/mol. The summed E-state index contributed by atoms with van der Waals surface area (Å²) in [5.41, 5.74) is 0.569. The molecule has 0 amide bonds. The molecule has 0 fully saturated rings. The van der Waals surface area contributed by atoms with Gasteiger partial charge in [0.05, 0.1) is 19.8 Å². The van der Waals surface area contributed by atoms with Crippen molar-refractivity contribution in [3.63, 3.8) is 0 Å². The van der Waals surface area contributed by atoms with E-state index in [0.717, 1.165) is 0 Å². The number of alkyl halides is 2. The van der Waals surface area contributed by atoms with E-state index in [2.05, 4.69) is 0 Å². The molecule has 20 heavy (non-hydrogen) atoms. The number of nitrogens with zero attached hydrogens (tertiary/aromatic N) is 1. The van der Waals surface area contributed by atoms with Crippen molar-refractivity contribution >= 4 is 5.97 Å². The van der Waals surface area contributed by atoms with Gasteiger partial charge in [-0.05, 0) is 12.5 Å². The van der Waals surface area contributed by atoms with E-state index in [0.29, 0.717) is 5.56 Å². The van der Waals surface area contributed by atoms with Gasteiger partial charge in [0.1, 0.15) is 6.04 Å². The Hall–Kier alpha value is -1.53. The minimum atomic E-state index is -2.60. The number of hydrogen-bond donors (Lipinski definition) is 1. The van der Waals surface area contributed by atoms with Gasteiger partial charge in [0, 0.05) is 6.54 Å². The summed E-state index contributed by atoms with van der Waals surface area (Å²) in [7, 11) is 0. The SMILES string of the molecule is CCOC(=O)C(c1ccccc1)N(CCO)CC(F)F. The second-order valence-electron chi connectivity index (χ2n) is 4.17. The highest BCUT2D eigenvalue weighted by Crippen LogP contribution is 2.23. The number of halogens is 2. The first kappa shape index (κ1) is 16.5. The van der Waals surface area contributed by atoms with E-state index in [1.165, 1.54) is 4.90 Å². The molecule has 0 aliphatic carbocycles. The van der Waals surface area contributed by atoms with Crippen molar-refractivity contribution in [1.29, 1.82) is 0 Å². The number of carbonyl (C=O) groups is 1. The summed E-state index contributed by atoms with van der Waals surface area (Å²) in [5.74, 6) is -0.590. The molecule has 6 heteroatoms. The fourth-order valence-electron chi connectivity index (χ4n) is 1.98. The normalized spacial score (nSPS) is 12.7. The Kier molecular flexibility index (Phi) is 7.11. The first-order valence-corrected chi connectivity index (χ1v) is 6.44. The summed E-state index contributed by atoms with van der Waals surface area (Å²) >= 11 is 0. The van der Waals surface area contributed by atoms with Crippen molar-refractivity contribution < 1.29 is 23.4 Å². The van der Waals surface area contributed by atoms with Crippen LogP contribution < -0.4 is 0 Å². The van der Waals surface area contributed by atoms with Crippen LogP contribution in [0.4, 0.5) is 8.78 Å². The first-order valence-electron chi connectivity index (χ1n) is 6.44. The standard InChI is InChI=1S/C14H19F2NO3/c1-2-20-14(19)13(11-6-4-3-5-7-11)17(8-9-18)10-12(15)16/h3-7,12-13,18H,2,8-10H2,1H3. The van der Waals surface area contributed by atoms with E-state index >= 15 is 0 Å². The van der Waals surface area contributed by atoms with Gasteiger partial charge >= 0.3 is 5.97 Å². The Balaban J connectivity index is 3.03. The quantitative estimate of drug-likeness (QED) is 0.741. The molecule has 0 aromatic heterocycles. The van der Waals surface area contributed by atoms with Gasteiger partial charge < -0.3 is 9.84 Å². The number of esters is 1. The number of aliphatic hydroxyl groups excluding tert-OH is 1. The lowest BCUT2D eigenvalue weighted by Crippen LogP contribution is -2.40. The van der Waals surface area contributed by atoms with Crippen LogP contribution in [0.15, 0.2) is 30.3 Å². The number of carbonyl (C=O) groups excluding carboxylic acids is 1. The van der Waals surface area contributed by atoms with Gasteiger partial charge in [0.2, 0.25) is 0 Å². The summed E-state index contributed by atoms with van der Waals surface area (Å²) in [6, 6.07) is 7.64. The fraction of sp³-hybridized carbons (Fsp3) is 0.500. The number of ether oxygens (including phenoxy) is 1. The third-order valence-electron chi connectivity index (χ3n) is 2.75. The second kappa shape index (κ2) is 8.60. The molecule has 0 saturated heterocycles. The lowest BCUT2D eigenvalue weighted by atomic mass is 10.1. The predicted octanol–water partition coefficient (Wildman–Crippen LogP) is 1.85. The molecular formula is C14H19F2NO3. The van der Waals surface area contributed by atoms with Crippen LogP contribution >= 0.6 is 0 Å². The Morgan fingerprint density at radius 1 is 1.35 bits per heavy atom. The van der Waals surface area contributed by atoms with E-state index in [4.69, 9.17) is 9.84 Å². The van der Waals surface area contributed by atoms with E-state index in [1.807, 2.05) is 0 Å². The predicted molar refractivity (Wildman–Crippen MR) is 70.5 cm³/mol. The van der Waals surface area contributed by atoms with Crippen LogP contribution in [-0.2, 0) is 9.53 Å². The smallest absolute Gasteiger partial charge is 0.328 e. The van der Waals surface area contributed by atoms with Crippen LogP contribution in [0.2, 0.25) is 0 Å². The average Bonchev–Trinajstić information content (AvgIpc) is 2.40. The maximum Gasteiger partial charge on any atom is 0.328 e. The van der Waals surface area contributed by atoms with Crippen LogP contribution in [0.3, 0.4) is 0 Å². The largest absolute Gasteiger partial charge is 0.465 e. The van der Waals surface area contributed by atoms with Crippen molar-refractivity contribution in [2.75, 3.05) is 26.3 Å². The Labute approximate surface area is 117 Å². The van der Waals surface area contributed by atoms with Gasteiger partial charge in [-0.1, -0.05) is 30.3 Å². The molecule has 1 aromatic rings. The molecule has 1 atom stereocenters. The van der Waals surface area contributed by atoms with Crippen LogP contribution in [0.1, 0.15) is 18.5 Å². The Morgan fingerprint density at radius 2 is 2.00 bits per heavy atom. The highest BCUT2D eigenvalue weighted by atomic mass is 19.3. The zero-order chi connectivity index (χ0) is 15.0. The van der Waals surface area contributed by atoms with Gasteiger partial charge in [-0.15, -0.1) is 0 Å². The van der Waals surface area contributed by atoms with E-state index in [9.17, 15) is 13.6 Å². The maximum atomic E-state index is 12.7. The highest BCUT2D eigenvalue weighted by Gasteiger charge is 2.30. The molecule has 0 aliphatic heterocycles. The molecule has 1 unspecified atom stereocenters. The van der Waals surface area contributed by atoms with Gasteiger partial charge in [-0.2, -0.15) is 0 Å². The zero-order valence-corrected chi connectivity index (χ0v) is 11.3. The van der Waals surface area contributed by atoms with E-state index in [-0.39, 0.29) is 19.8 Å². The molecule has 1 rings (SSSR count). The summed E-state index contributed by atoms with van der Waals surface area (Å²) < 4.78 is 30.3. The van der Waals surface area contributed by atoms with Crippen molar-refractivity contribution in [3.8, 4) is 0 Å². The maximum absolute atomic E-state index is 12.7. The summed E-state index contributed by atoms with van der Waals surface area (Å²) in [6.45, 7) is 0.893. The third-order valence-corrected chi connectivity index (χ3v) is 2.75. The molecule has 1 aromatic carbocycles. The van der Waals surface area contributed by atoms with Crippen LogP contribution in [0.25, 0.3) is 0 Å². The Morgan fingerprint density at radius 3 is 2.50 bits per heavy atom. The van der Waals surface area contributed by atoms with Crippen LogP contribution in [0, 0.1) is 0 Å². The summed E-state index contributed by atoms with van der Waals surface area (Å²) in [5, 5.41) is 9.02. The number of rotatable bonds is 8. The molecule has 4 nitrogen and oxygen atoms in total. The van der Waals surface area contributed by atoms with Crippen LogP contribution in [0.5, 0.6) is 0 Å². The summed E-state index contributed by atoms with van der Waals surface area (Å²) in [6.07, 6.45) is -2.60. The topological polar surface area (TPSA) is 49.8 Å². The fourth-order valence-corrected chi connectivity index (χ4v) is 1.98. The van der Waals surface area contributed by atoms with Crippen LogP contribution in [-0.4, -0.2) is 48.7 Å². The van der Waals surface area contributed by atoms with Crippen molar-refractivity contribution in [3.05, 3.63) is 35.9 Å².